The molecule has 0 atom stereocenters. The molecule has 3 aromatic rings. The van der Waals surface area contributed by atoms with Gasteiger partial charge in [0.1, 0.15) is 0 Å². The fraction of sp³-hybridized carbons (Fsp3) is 0.292. The second-order valence-electron chi connectivity index (χ2n) is 8.04. The first-order valence-corrected chi connectivity index (χ1v) is 13.5. The first-order valence-electron chi connectivity index (χ1n) is 11.2. The van der Waals surface area contributed by atoms with E-state index in [1.165, 1.54) is 30.7 Å². The molecule has 1 aliphatic rings. The third-order valence-electron chi connectivity index (χ3n) is 5.55. The van der Waals surface area contributed by atoms with E-state index < -0.39 is 5.82 Å². The summed E-state index contributed by atoms with van der Waals surface area (Å²) in [5, 5.41) is 5.64. The van der Waals surface area contributed by atoms with Crippen molar-refractivity contribution in [3.8, 4) is 11.3 Å². The molecule has 0 saturated carbocycles. The Bertz CT molecular complexity index is 1290. The summed E-state index contributed by atoms with van der Waals surface area (Å²) in [6.45, 7) is 10.2. The molecule has 0 aliphatic carbocycles. The number of halogens is 1. The number of hydrogen-bond donors (Lipinski definition) is 2. The molecule has 182 valence electrons. The number of aromatic nitrogens is 2. The third kappa shape index (κ3) is 5.95. The van der Waals surface area contributed by atoms with Crippen LogP contribution in [0.15, 0.2) is 42.0 Å². The van der Waals surface area contributed by atoms with Crippen LogP contribution in [0.1, 0.15) is 12.5 Å². The van der Waals surface area contributed by atoms with Gasteiger partial charge in [0.2, 0.25) is 0 Å². The van der Waals surface area contributed by atoms with Crippen LogP contribution in [0, 0.1) is 5.82 Å². The van der Waals surface area contributed by atoms with Gasteiger partial charge < -0.3 is 0 Å². The van der Waals surface area contributed by atoms with Crippen LogP contribution in [0.3, 0.4) is 0 Å². The predicted octanol–water partition coefficient (Wildman–Crippen LogP) is 3.60. The molecule has 2 amide bonds. The molecular formula is C24H26FN7OSW. The summed E-state index contributed by atoms with van der Waals surface area (Å²) in [6.07, 6.45) is 3.31. The Labute approximate surface area is 218 Å². The van der Waals surface area contributed by atoms with Gasteiger partial charge in [-0.1, -0.05) is 0 Å². The van der Waals surface area contributed by atoms with E-state index in [1.807, 2.05) is 25.1 Å². The van der Waals surface area contributed by atoms with Crippen LogP contribution in [-0.2, 0) is 19.4 Å². The second-order valence-corrected chi connectivity index (χ2v) is 10.3. The van der Waals surface area contributed by atoms with Gasteiger partial charge in [-0.2, -0.15) is 0 Å². The topological polar surface area (TPSA) is 85.8 Å². The summed E-state index contributed by atoms with van der Waals surface area (Å²) in [7, 11) is 2.11. The predicted molar refractivity (Wildman–Crippen MR) is 137 cm³/mol. The van der Waals surface area contributed by atoms with Crippen molar-refractivity contribution >= 4 is 48.6 Å². The summed E-state index contributed by atoms with van der Waals surface area (Å²) in [5.74, 6) is -0.499. The number of allylic oxidation sites excluding steroid dienone is 1. The van der Waals surface area contributed by atoms with Crippen LogP contribution in [0.4, 0.5) is 14.3 Å². The molecule has 1 fully saturated rings. The van der Waals surface area contributed by atoms with Crippen molar-refractivity contribution in [2.75, 3.05) is 45.1 Å². The molecule has 2 aromatic heterocycles. The molecule has 0 bridgehead atoms. The van der Waals surface area contributed by atoms with Crippen LogP contribution in [0.5, 0.6) is 0 Å². The minimum atomic E-state index is -0.499. The maximum absolute atomic E-state index is 15.7. The van der Waals surface area contributed by atoms with E-state index in [0.717, 1.165) is 35.9 Å². The van der Waals surface area contributed by atoms with Gasteiger partial charge in [0, 0.05) is 6.54 Å². The summed E-state index contributed by atoms with van der Waals surface area (Å²) < 4.78 is 17.2. The van der Waals surface area contributed by atoms with E-state index in [4.69, 9.17) is 0 Å². The number of hydrogen-bond acceptors (Lipinski definition) is 7. The second kappa shape index (κ2) is 11.4. The van der Waals surface area contributed by atoms with E-state index in [-0.39, 0.29) is 11.5 Å². The van der Waals surface area contributed by atoms with Gasteiger partial charge in [-0.15, -0.1) is 0 Å². The molecule has 1 aromatic carbocycles. The number of piperazine rings is 1. The van der Waals surface area contributed by atoms with Gasteiger partial charge in [0.25, 0.3) is 0 Å². The Hall–Kier alpha value is -2.65. The Morgan fingerprint density at radius 3 is 2.80 bits per heavy atom. The van der Waals surface area contributed by atoms with Gasteiger partial charge >= 0.3 is 205 Å². The summed E-state index contributed by atoms with van der Waals surface area (Å²) in [4.78, 5) is 30.0. The van der Waals surface area contributed by atoms with Gasteiger partial charge in [0.15, 0.2) is 0 Å². The molecule has 4 rings (SSSR count). The van der Waals surface area contributed by atoms with Crippen molar-refractivity contribution < 1.29 is 28.5 Å². The Kier molecular flexibility index (Phi) is 8.28. The molecule has 2 N–H and O–H groups in total. The number of carbonyl (C=O) groups excluding carboxylic acids is 1. The summed E-state index contributed by atoms with van der Waals surface area (Å²) >= 11 is 2.46. The number of thiazole rings is 1. The van der Waals surface area contributed by atoms with E-state index in [1.54, 1.807) is 18.5 Å². The number of urea groups is 1. The van der Waals surface area contributed by atoms with Crippen molar-refractivity contribution in [3.63, 3.8) is 0 Å². The zero-order chi connectivity index (χ0) is 24.9. The molecule has 0 spiro atoms. The van der Waals surface area contributed by atoms with Gasteiger partial charge in [0.05, 0.1) is 0 Å². The molecule has 0 unspecified atom stereocenters. The van der Waals surface area contributed by atoms with Crippen LogP contribution in [0.25, 0.3) is 27.0 Å². The van der Waals surface area contributed by atoms with Crippen LogP contribution in [0.2, 0.25) is 0 Å². The monoisotopic (exact) mass is 663 g/mol. The number of aliphatic imine (C=N–C) groups is 1. The maximum atomic E-state index is 15.7. The molecule has 1 saturated heterocycles. The molecular weight excluding hydrogens is 637 g/mol. The molecule has 8 nitrogen and oxygen atoms in total. The number of rotatable bonds is 7. The number of pyridine rings is 1. The first-order chi connectivity index (χ1) is 16.9. The zero-order valence-electron chi connectivity index (χ0n) is 19.5. The van der Waals surface area contributed by atoms with Crippen molar-refractivity contribution in [3.05, 3.63) is 48.4 Å². The van der Waals surface area contributed by atoms with Crippen molar-refractivity contribution in [2.45, 2.75) is 6.92 Å². The van der Waals surface area contributed by atoms with E-state index in [2.05, 4.69) is 49.0 Å². The fourth-order valence-electron chi connectivity index (χ4n) is 3.64. The summed E-state index contributed by atoms with van der Waals surface area (Å²) in [5.41, 5.74) is 2.32. The van der Waals surface area contributed by atoms with E-state index in [0.29, 0.717) is 33.2 Å². The number of fused-ring (bicyclic) bond motifs is 1. The van der Waals surface area contributed by atoms with Gasteiger partial charge in [-0.3, -0.25) is 0 Å². The number of benzene rings is 1. The SMILES string of the molecule is C=C(C=N[C](=[W])N1CCN(C)CC1)c1cc(-c2ccccn2)c2sc(NC(=O)NCC)nc2c1F. The van der Waals surface area contributed by atoms with E-state index >= 15 is 4.39 Å². The number of nitrogens with one attached hydrogen (secondary N) is 2. The van der Waals surface area contributed by atoms with E-state index in [9.17, 15) is 4.79 Å². The van der Waals surface area contributed by atoms with Crippen molar-refractivity contribution in [2.24, 2.45) is 4.99 Å². The van der Waals surface area contributed by atoms with Gasteiger partial charge in [-0.05, 0) is 6.92 Å². The van der Waals surface area contributed by atoms with Crippen molar-refractivity contribution in [1.82, 2.24) is 25.1 Å². The Balaban J connectivity index is 1.69. The average Bonchev–Trinajstić information content (AvgIpc) is 3.27. The third-order valence-corrected chi connectivity index (χ3v) is 7.86. The molecule has 35 heavy (non-hydrogen) atoms. The normalized spacial score (nSPS) is 14.9. The number of carbonyl (C=O) groups is 1. The zero-order valence-corrected chi connectivity index (χ0v) is 23.3. The fourth-order valence-corrected chi connectivity index (χ4v) is 5.46. The molecule has 3 heterocycles. The molecule has 1 aliphatic heterocycles. The van der Waals surface area contributed by atoms with Crippen LogP contribution >= 0.6 is 11.3 Å². The number of likely N-dealkylation sites (N-methyl/N-ethyl adjacent to an activating group) is 1. The van der Waals surface area contributed by atoms with Gasteiger partial charge in [-0.25, -0.2) is 0 Å². The number of nitrogens with zero attached hydrogens (tertiary/aromatic N) is 5. The Morgan fingerprint density at radius 1 is 1.34 bits per heavy atom. The first kappa shape index (κ1) is 25.4. The average molecular weight is 663 g/mol. The molecule has 0 radical (unpaired) electrons. The minimum absolute atomic E-state index is 0.167. The standard InChI is InChI=1S/C24H26FN7OS.W/c1-4-27-23(33)30-24-29-21-20(25)17(13-18(22(21)34-24)19-7-5-6-8-28-19)16(2)14-26-15-32-11-9-31(3)10-12-32;/h5-8,13-14H,2,4,9-12H2,1,3H3,(H2,27,29,30,33);. The molecule has 11 heteroatoms. The number of amides is 2. The summed E-state index contributed by atoms with van der Waals surface area (Å²) in [6, 6.07) is 6.91. The van der Waals surface area contributed by atoms with Crippen molar-refractivity contribution in [1.29, 1.82) is 0 Å². The van der Waals surface area contributed by atoms with Crippen LogP contribution < -0.4 is 10.6 Å². The van der Waals surface area contributed by atoms with Crippen LogP contribution in [-0.4, -0.2) is 75.9 Å². The number of anilines is 1. The quantitative estimate of drug-likeness (QED) is 0.378. The Morgan fingerprint density at radius 2 is 2.11 bits per heavy atom.